The van der Waals surface area contributed by atoms with Crippen LogP contribution in [0.1, 0.15) is 20.3 Å². The fraction of sp³-hybridized carbons (Fsp3) is 0.900. The average Bonchev–Trinajstić information content (AvgIpc) is 1.98. The highest BCUT2D eigenvalue weighted by Crippen LogP contribution is 2.25. The summed E-state index contributed by atoms with van der Waals surface area (Å²) in [4.78, 5) is 14.0. The maximum absolute atomic E-state index is 11.9. The topological polar surface area (TPSA) is 32.3 Å². The van der Waals surface area contributed by atoms with Gasteiger partial charge in [0.2, 0.25) is 5.91 Å². The predicted molar refractivity (Wildman–Crippen MR) is 59.5 cm³/mol. The highest BCUT2D eigenvalue weighted by molar-refractivity contribution is 8.00. The van der Waals surface area contributed by atoms with E-state index in [1.54, 1.807) is 0 Å². The van der Waals surface area contributed by atoms with Gasteiger partial charge in [0, 0.05) is 23.6 Å². The Balaban J connectivity index is 1.92. The number of hydrogen-bond donors (Lipinski definition) is 1. The number of carbonyl (C=O) groups is 1. The van der Waals surface area contributed by atoms with E-state index >= 15 is 0 Å². The summed E-state index contributed by atoms with van der Waals surface area (Å²) >= 11 is 1.99. The lowest BCUT2D eigenvalue weighted by Crippen LogP contribution is -2.57. The second-order valence-electron chi connectivity index (χ2n) is 4.30. The number of nitrogens with one attached hydrogen (secondary N) is 1. The standard InChI is InChI=1S/C10H18N2OS/c1-7-5-12(6-8(2)14-7)10(13)9-3-4-11-9/h7-9,11H,3-6H2,1-2H3. The van der Waals surface area contributed by atoms with Crippen LogP contribution in [0, 0.1) is 0 Å². The smallest absolute Gasteiger partial charge is 0.239 e. The zero-order valence-corrected chi connectivity index (χ0v) is 9.64. The van der Waals surface area contributed by atoms with E-state index in [2.05, 4.69) is 19.2 Å². The molecule has 0 aromatic rings. The summed E-state index contributed by atoms with van der Waals surface area (Å²) in [5.41, 5.74) is 0. The van der Waals surface area contributed by atoms with Gasteiger partial charge in [-0.05, 0) is 13.0 Å². The third kappa shape index (κ3) is 2.06. The monoisotopic (exact) mass is 214 g/mol. The molecule has 0 aromatic heterocycles. The minimum Gasteiger partial charge on any atom is -0.339 e. The number of rotatable bonds is 1. The molecule has 3 atom stereocenters. The van der Waals surface area contributed by atoms with Gasteiger partial charge in [-0.1, -0.05) is 13.8 Å². The molecule has 0 bridgehead atoms. The Hall–Kier alpha value is -0.220. The van der Waals surface area contributed by atoms with Crippen LogP contribution in [0.4, 0.5) is 0 Å². The van der Waals surface area contributed by atoms with E-state index in [0.717, 1.165) is 26.1 Å². The first-order valence-corrected chi connectivity index (χ1v) is 6.28. The van der Waals surface area contributed by atoms with Gasteiger partial charge in [0.25, 0.3) is 0 Å². The molecule has 14 heavy (non-hydrogen) atoms. The second-order valence-corrected chi connectivity index (χ2v) is 6.18. The zero-order chi connectivity index (χ0) is 10.1. The number of carbonyl (C=O) groups excluding carboxylic acids is 1. The Labute approximate surface area is 89.6 Å². The van der Waals surface area contributed by atoms with Gasteiger partial charge in [-0.25, -0.2) is 0 Å². The van der Waals surface area contributed by atoms with Crippen LogP contribution in [0.25, 0.3) is 0 Å². The Morgan fingerprint density at radius 2 is 1.93 bits per heavy atom. The van der Waals surface area contributed by atoms with Gasteiger partial charge in [-0.3, -0.25) is 4.79 Å². The summed E-state index contributed by atoms with van der Waals surface area (Å²) in [6.45, 7) is 7.26. The molecular formula is C10H18N2OS. The molecule has 2 aliphatic heterocycles. The second kappa shape index (κ2) is 4.11. The van der Waals surface area contributed by atoms with Crippen molar-refractivity contribution >= 4 is 17.7 Å². The first-order chi connectivity index (χ1) is 6.66. The summed E-state index contributed by atoms with van der Waals surface area (Å²) in [5.74, 6) is 0.315. The molecule has 2 aliphatic rings. The molecule has 0 aromatic carbocycles. The maximum atomic E-state index is 11.9. The molecule has 4 heteroatoms. The molecule has 2 saturated heterocycles. The van der Waals surface area contributed by atoms with Crippen LogP contribution in [0.3, 0.4) is 0 Å². The minimum absolute atomic E-state index is 0.123. The van der Waals surface area contributed by atoms with Crippen LogP contribution in [-0.2, 0) is 4.79 Å². The van der Waals surface area contributed by atoms with Crippen LogP contribution in [0.5, 0.6) is 0 Å². The number of amides is 1. The van der Waals surface area contributed by atoms with Gasteiger partial charge < -0.3 is 10.2 Å². The van der Waals surface area contributed by atoms with Gasteiger partial charge in [0.1, 0.15) is 0 Å². The lowest BCUT2D eigenvalue weighted by molar-refractivity contribution is -0.135. The van der Waals surface area contributed by atoms with Crippen LogP contribution in [0.15, 0.2) is 0 Å². The Bertz CT molecular complexity index is 220. The highest BCUT2D eigenvalue weighted by Gasteiger charge is 2.32. The van der Waals surface area contributed by atoms with Crippen molar-refractivity contribution in [3.8, 4) is 0 Å². The van der Waals surface area contributed by atoms with Crippen LogP contribution >= 0.6 is 11.8 Å². The van der Waals surface area contributed by atoms with Crippen molar-refractivity contribution in [3.05, 3.63) is 0 Å². The van der Waals surface area contributed by atoms with E-state index in [-0.39, 0.29) is 6.04 Å². The fourth-order valence-electron chi connectivity index (χ4n) is 2.08. The molecule has 3 nitrogen and oxygen atoms in total. The SMILES string of the molecule is CC1CN(C(=O)C2CCN2)CC(C)S1. The molecule has 80 valence electrons. The van der Waals surface area contributed by atoms with Crippen molar-refractivity contribution in [2.24, 2.45) is 0 Å². The third-order valence-electron chi connectivity index (χ3n) is 2.85. The minimum atomic E-state index is 0.123. The molecule has 2 fully saturated rings. The predicted octanol–water partition coefficient (Wildman–Crippen LogP) is 0.701. The van der Waals surface area contributed by atoms with Gasteiger partial charge >= 0.3 is 0 Å². The van der Waals surface area contributed by atoms with Crippen molar-refractivity contribution in [3.63, 3.8) is 0 Å². The molecular weight excluding hydrogens is 196 g/mol. The van der Waals surface area contributed by atoms with Gasteiger partial charge in [-0.15, -0.1) is 0 Å². The molecule has 2 heterocycles. The Kier molecular flexibility index (Phi) is 3.02. The molecule has 2 rings (SSSR count). The summed E-state index contributed by atoms with van der Waals surface area (Å²) in [6.07, 6.45) is 1.02. The first kappa shape index (κ1) is 10.3. The van der Waals surface area contributed by atoms with E-state index in [4.69, 9.17) is 0 Å². The van der Waals surface area contributed by atoms with Crippen molar-refractivity contribution in [2.45, 2.75) is 36.8 Å². The number of thioether (sulfide) groups is 1. The largest absolute Gasteiger partial charge is 0.339 e. The molecule has 3 unspecified atom stereocenters. The summed E-state index contributed by atoms with van der Waals surface area (Å²) < 4.78 is 0. The summed E-state index contributed by atoms with van der Waals surface area (Å²) in [6, 6.07) is 0.123. The zero-order valence-electron chi connectivity index (χ0n) is 8.82. The van der Waals surface area contributed by atoms with Gasteiger partial charge in [0.05, 0.1) is 6.04 Å². The lowest BCUT2D eigenvalue weighted by atomic mass is 10.1. The Morgan fingerprint density at radius 3 is 2.36 bits per heavy atom. The summed E-state index contributed by atoms with van der Waals surface area (Å²) in [7, 11) is 0. The molecule has 0 saturated carbocycles. The normalized spacial score (nSPS) is 37.9. The summed E-state index contributed by atoms with van der Waals surface area (Å²) in [5, 5.41) is 4.35. The quantitative estimate of drug-likeness (QED) is 0.697. The van der Waals surface area contributed by atoms with Crippen molar-refractivity contribution in [2.75, 3.05) is 19.6 Å². The molecule has 0 spiro atoms. The highest BCUT2D eigenvalue weighted by atomic mass is 32.2. The van der Waals surface area contributed by atoms with Crippen LogP contribution < -0.4 is 5.32 Å². The first-order valence-electron chi connectivity index (χ1n) is 5.34. The average molecular weight is 214 g/mol. The number of nitrogens with zero attached hydrogens (tertiary/aromatic N) is 1. The van der Waals surface area contributed by atoms with Crippen molar-refractivity contribution < 1.29 is 4.79 Å². The van der Waals surface area contributed by atoms with E-state index in [9.17, 15) is 4.79 Å². The fourth-order valence-corrected chi connectivity index (χ4v) is 3.40. The number of hydrogen-bond acceptors (Lipinski definition) is 3. The van der Waals surface area contributed by atoms with Gasteiger partial charge in [-0.2, -0.15) is 11.8 Å². The van der Waals surface area contributed by atoms with E-state index in [0.29, 0.717) is 16.4 Å². The molecule has 0 aliphatic carbocycles. The van der Waals surface area contributed by atoms with E-state index < -0.39 is 0 Å². The van der Waals surface area contributed by atoms with Crippen molar-refractivity contribution in [1.82, 2.24) is 10.2 Å². The Morgan fingerprint density at radius 1 is 1.36 bits per heavy atom. The van der Waals surface area contributed by atoms with E-state index in [1.165, 1.54) is 0 Å². The molecule has 1 N–H and O–H groups in total. The van der Waals surface area contributed by atoms with Crippen molar-refractivity contribution in [1.29, 1.82) is 0 Å². The maximum Gasteiger partial charge on any atom is 0.239 e. The van der Waals surface area contributed by atoms with Crippen LogP contribution in [-0.4, -0.2) is 47.0 Å². The van der Waals surface area contributed by atoms with Gasteiger partial charge in [0.15, 0.2) is 0 Å². The van der Waals surface area contributed by atoms with E-state index in [1.807, 2.05) is 16.7 Å². The van der Waals surface area contributed by atoms with Crippen LogP contribution in [0.2, 0.25) is 0 Å². The third-order valence-corrected chi connectivity index (χ3v) is 4.08. The lowest BCUT2D eigenvalue weighted by Gasteiger charge is -2.38. The molecule has 1 amide bonds. The molecule has 0 radical (unpaired) electrons.